The highest BCUT2D eigenvalue weighted by atomic mass is 16.5. The summed E-state index contributed by atoms with van der Waals surface area (Å²) >= 11 is 0. The van der Waals surface area contributed by atoms with Gasteiger partial charge in [0.25, 0.3) is 5.91 Å². The van der Waals surface area contributed by atoms with Gasteiger partial charge in [0.15, 0.2) is 11.5 Å². The van der Waals surface area contributed by atoms with Crippen LogP contribution in [0.5, 0.6) is 0 Å². The number of hydrogen-bond acceptors (Lipinski definition) is 5. The van der Waals surface area contributed by atoms with E-state index in [2.05, 4.69) is 29.5 Å². The van der Waals surface area contributed by atoms with Gasteiger partial charge in [-0.2, -0.15) is 0 Å². The Balaban J connectivity index is 1.71. The molecule has 1 amide bonds. The van der Waals surface area contributed by atoms with Crippen LogP contribution >= 0.6 is 0 Å². The zero-order chi connectivity index (χ0) is 17.9. The van der Waals surface area contributed by atoms with Crippen molar-refractivity contribution in [3.05, 3.63) is 52.9 Å². The summed E-state index contributed by atoms with van der Waals surface area (Å²) in [6.07, 6.45) is 1.69. The van der Waals surface area contributed by atoms with Crippen molar-refractivity contribution >= 4 is 5.91 Å². The van der Waals surface area contributed by atoms with Crippen molar-refractivity contribution in [3.8, 4) is 0 Å². The highest BCUT2D eigenvalue weighted by Crippen LogP contribution is 2.35. The van der Waals surface area contributed by atoms with Crippen LogP contribution in [0.1, 0.15) is 40.7 Å². The summed E-state index contributed by atoms with van der Waals surface area (Å²) in [6.45, 7) is 3.77. The summed E-state index contributed by atoms with van der Waals surface area (Å²) in [5, 5.41) is 6.84. The van der Waals surface area contributed by atoms with Crippen LogP contribution in [0.25, 0.3) is 0 Å². The van der Waals surface area contributed by atoms with E-state index in [1.165, 1.54) is 5.56 Å². The Hall–Kier alpha value is -2.18. The van der Waals surface area contributed by atoms with Crippen molar-refractivity contribution in [2.45, 2.75) is 31.9 Å². The molecule has 0 fully saturated rings. The Morgan fingerprint density at radius 1 is 1.36 bits per heavy atom. The molecule has 3 rings (SSSR count). The molecule has 1 aliphatic rings. The molecule has 6 heteroatoms. The third-order valence-corrected chi connectivity index (χ3v) is 4.63. The second-order valence-electron chi connectivity index (χ2n) is 6.70. The molecule has 0 radical (unpaired) electrons. The number of benzene rings is 1. The molecule has 25 heavy (non-hydrogen) atoms. The zero-order valence-electron chi connectivity index (χ0n) is 15.0. The van der Waals surface area contributed by atoms with Gasteiger partial charge in [0.05, 0.1) is 19.7 Å². The van der Waals surface area contributed by atoms with Gasteiger partial charge >= 0.3 is 0 Å². The molecule has 0 saturated heterocycles. The molecule has 0 aliphatic carbocycles. The lowest BCUT2D eigenvalue weighted by atomic mass is 9.84. The van der Waals surface area contributed by atoms with Gasteiger partial charge in [0, 0.05) is 6.07 Å². The van der Waals surface area contributed by atoms with Gasteiger partial charge in [0.1, 0.15) is 5.60 Å². The standard InChI is InChI=1S/C19H25N3O3/c1-4-19(16-8-6-5-7-14(16)9-10-24-19)13-20-18(23)17-11-15(25-21-17)12-22(2)3/h5-8,11H,4,9-10,12-13H2,1-3H3,(H,20,23). The van der Waals surface area contributed by atoms with Crippen molar-refractivity contribution < 1.29 is 14.1 Å². The van der Waals surface area contributed by atoms with Gasteiger partial charge in [-0.15, -0.1) is 0 Å². The lowest BCUT2D eigenvalue weighted by Crippen LogP contribution is -2.45. The van der Waals surface area contributed by atoms with Crippen molar-refractivity contribution in [2.24, 2.45) is 0 Å². The van der Waals surface area contributed by atoms with E-state index in [4.69, 9.17) is 9.26 Å². The first-order chi connectivity index (χ1) is 12.0. The molecule has 6 nitrogen and oxygen atoms in total. The van der Waals surface area contributed by atoms with Crippen molar-refractivity contribution in [2.75, 3.05) is 27.2 Å². The van der Waals surface area contributed by atoms with Crippen LogP contribution < -0.4 is 5.32 Å². The summed E-state index contributed by atoms with van der Waals surface area (Å²) in [5.74, 6) is 0.424. The normalized spacial score (nSPS) is 19.7. The minimum Gasteiger partial charge on any atom is -0.368 e. The minimum atomic E-state index is -0.485. The number of carbonyl (C=O) groups is 1. The molecule has 1 atom stereocenters. The number of hydrogen-bond donors (Lipinski definition) is 1. The van der Waals surface area contributed by atoms with E-state index in [9.17, 15) is 4.79 Å². The van der Waals surface area contributed by atoms with Crippen LogP contribution in [-0.4, -0.2) is 43.2 Å². The molecular weight excluding hydrogens is 318 g/mol. The number of amides is 1. The van der Waals surface area contributed by atoms with Crippen molar-refractivity contribution in [3.63, 3.8) is 0 Å². The summed E-state index contributed by atoms with van der Waals surface area (Å²) in [7, 11) is 3.87. The summed E-state index contributed by atoms with van der Waals surface area (Å²) in [5.41, 5.74) is 2.27. The first-order valence-electron chi connectivity index (χ1n) is 8.65. The minimum absolute atomic E-state index is 0.242. The molecular formula is C19H25N3O3. The number of aromatic nitrogens is 1. The second kappa shape index (κ2) is 7.37. The predicted molar refractivity (Wildman–Crippen MR) is 94.3 cm³/mol. The summed E-state index contributed by atoms with van der Waals surface area (Å²) < 4.78 is 11.3. The van der Waals surface area contributed by atoms with Gasteiger partial charge < -0.3 is 19.5 Å². The molecule has 0 saturated carbocycles. The topological polar surface area (TPSA) is 67.6 Å². The fourth-order valence-electron chi connectivity index (χ4n) is 3.30. The largest absolute Gasteiger partial charge is 0.368 e. The lowest BCUT2D eigenvalue weighted by molar-refractivity contribution is -0.0606. The highest BCUT2D eigenvalue weighted by Gasteiger charge is 2.36. The maximum absolute atomic E-state index is 12.5. The van der Waals surface area contributed by atoms with E-state index in [1.54, 1.807) is 6.07 Å². The molecule has 134 valence electrons. The third kappa shape index (κ3) is 3.75. The van der Waals surface area contributed by atoms with E-state index in [0.717, 1.165) is 18.4 Å². The molecule has 1 N–H and O–H groups in total. The fourth-order valence-corrected chi connectivity index (χ4v) is 3.30. The van der Waals surface area contributed by atoms with Crippen molar-refractivity contribution in [1.82, 2.24) is 15.4 Å². The molecule has 1 aliphatic heterocycles. The van der Waals surface area contributed by atoms with Crippen LogP contribution in [0.2, 0.25) is 0 Å². The van der Waals surface area contributed by atoms with Gasteiger partial charge in [0.2, 0.25) is 0 Å². The predicted octanol–water partition coefficient (Wildman–Crippen LogP) is 2.34. The highest BCUT2D eigenvalue weighted by molar-refractivity contribution is 5.92. The quantitative estimate of drug-likeness (QED) is 0.872. The summed E-state index contributed by atoms with van der Waals surface area (Å²) in [6, 6.07) is 9.98. The van der Waals surface area contributed by atoms with E-state index >= 15 is 0 Å². The Kier molecular flexibility index (Phi) is 5.20. The lowest BCUT2D eigenvalue weighted by Gasteiger charge is -2.38. The molecule has 2 aromatic rings. The van der Waals surface area contributed by atoms with Crippen LogP contribution in [-0.2, 0) is 23.3 Å². The summed E-state index contributed by atoms with van der Waals surface area (Å²) in [4.78, 5) is 14.4. The zero-order valence-corrected chi connectivity index (χ0v) is 15.0. The average molecular weight is 343 g/mol. The molecule has 2 heterocycles. The first-order valence-corrected chi connectivity index (χ1v) is 8.65. The number of nitrogens with one attached hydrogen (secondary N) is 1. The van der Waals surface area contributed by atoms with E-state index in [0.29, 0.717) is 31.2 Å². The van der Waals surface area contributed by atoms with Gasteiger partial charge in [-0.05, 0) is 38.1 Å². The maximum Gasteiger partial charge on any atom is 0.273 e. The number of rotatable bonds is 6. The molecule has 1 aromatic carbocycles. The Bertz CT molecular complexity index is 741. The maximum atomic E-state index is 12.5. The molecule has 1 aromatic heterocycles. The van der Waals surface area contributed by atoms with E-state index in [-0.39, 0.29) is 5.91 Å². The van der Waals surface area contributed by atoms with Gasteiger partial charge in [-0.1, -0.05) is 36.3 Å². The monoisotopic (exact) mass is 343 g/mol. The number of nitrogens with zero attached hydrogens (tertiary/aromatic N) is 2. The van der Waals surface area contributed by atoms with Gasteiger partial charge in [-0.3, -0.25) is 4.79 Å². The SMILES string of the molecule is CCC1(CNC(=O)c2cc(CN(C)C)on2)OCCc2ccccc21. The van der Waals surface area contributed by atoms with E-state index in [1.807, 2.05) is 31.1 Å². The number of carbonyl (C=O) groups excluding carboxylic acids is 1. The Morgan fingerprint density at radius 2 is 2.16 bits per heavy atom. The number of ether oxygens (including phenoxy) is 1. The number of fused-ring (bicyclic) bond motifs is 1. The Morgan fingerprint density at radius 3 is 2.92 bits per heavy atom. The van der Waals surface area contributed by atoms with Crippen LogP contribution in [0, 0.1) is 0 Å². The van der Waals surface area contributed by atoms with Crippen LogP contribution in [0.15, 0.2) is 34.9 Å². The molecule has 0 spiro atoms. The Labute approximate surface area is 148 Å². The average Bonchev–Trinajstić information content (AvgIpc) is 3.07. The smallest absolute Gasteiger partial charge is 0.273 e. The van der Waals surface area contributed by atoms with E-state index < -0.39 is 5.60 Å². The molecule has 0 bridgehead atoms. The van der Waals surface area contributed by atoms with Crippen LogP contribution in [0.4, 0.5) is 0 Å². The fraction of sp³-hybridized carbons (Fsp3) is 0.474. The van der Waals surface area contributed by atoms with Crippen LogP contribution in [0.3, 0.4) is 0 Å². The molecule has 1 unspecified atom stereocenters. The third-order valence-electron chi connectivity index (χ3n) is 4.63. The van der Waals surface area contributed by atoms with Crippen molar-refractivity contribution in [1.29, 1.82) is 0 Å². The van der Waals surface area contributed by atoms with Gasteiger partial charge in [-0.25, -0.2) is 0 Å². The second-order valence-corrected chi connectivity index (χ2v) is 6.70. The first kappa shape index (κ1) is 17.6.